The van der Waals surface area contributed by atoms with Crippen LogP contribution in [0, 0.1) is 6.92 Å². The number of anilines is 1. The van der Waals surface area contributed by atoms with E-state index in [1.54, 1.807) is 4.68 Å². The highest BCUT2D eigenvalue weighted by Gasteiger charge is 2.05. The van der Waals surface area contributed by atoms with Gasteiger partial charge in [0.1, 0.15) is 5.15 Å². The van der Waals surface area contributed by atoms with Crippen LogP contribution >= 0.6 is 23.2 Å². The predicted molar refractivity (Wildman–Crippen MR) is 78.5 cm³/mol. The number of aryl methyl sites for hydroxylation is 1. The second kappa shape index (κ2) is 6.28. The van der Waals surface area contributed by atoms with E-state index in [2.05, 4.69) is 10.4 Å². The standard InChI is InChI=1S/C13H15Cl2N3O/c1-9-6-13(15)18(17-9)11-4-2-10(3-5-11)16-8-12(19)7-14/h2-6,12,16,19H,7-8H2,1H3. The molecular formula is C13H15Cl2N3O. The van der Waals surface area contributed by atoms with E-state index in [1.807, 2.05) is 37.3 Å². The molecule has 1 aromatic carbocycles. The van der Waals surface area contributed by atoms with Crippen LogP contribution in [0.3, 0.4) is 0 Å². The first-order valence-electron chi connectivity index (χ1n) is 5.90. The fraction of sp³-hybridized carbons (Fsp3) is 0.308. The van der Waals surface area contributed by atoms with Crippen LogP contribution in [0.15, 0.2) is 30.3 Å². The SMILES string of the molecule is Cc1cc(Cl)n(-c2ccc(NCC(O)CCl)cc2)n1. The summed E-state index contributed by atoms with van der Waals surface area (Å²) in [6.07, 6.45) is -0.551. The van der Waals surface area contributed by atoms with Gasteiger partial charge in [-0.1, -0.05) is 11.6 Å². The maximum Gasteiger partial charge on any atom is 0.133 e. The van der Waals surface area contributed by atoms with E-state index >= 15 is 0 Å². The van der Waals surface area contributed by atoms with Crippen LogP contribution < -0.4 is 5.32 Å². The summed E-state index contributed by atoms with van der Waals surface area (Å²) in [7, 11) is 0. The van der Waals surface area contributed by atoms with Gasteiger partial charge in [-0.05, 0) is 37.3 Å². The van der Waals surface area contributed by atoms with Gasteiger partial charge in [-0.25, -0.2) is 4.68 Å². The first-order chi connectivity index (χ1) is 9.10. The largest absolute Gasteiger partial charge is 0.390 e. The molecule has 2 aromatic rings. The average molecular weight is 300 g/mol. The number of aliphatic hydroxyl groups is 1. The van der Waals surface area contributed by atoms with E-state index in [4.69, 9.17) is 23.2 Å². The molecule has 0 aliphatic carbocycles. The van der Waals surface area contributed by atoms with Crippen molar-refractivity contribution in [1.29, 1.82) is 0 Å². The molecule has 0 fully saturated rings. The van der Waals surface area contributed by atoms with Gasteiger partial charge in [-0.2, -0.15) is 5.10 Å². The Balaban J connectivity index is 2.08. The summed E-state index contributed by atoms with van der Waals surface area (Å²) in [5.74, 6) is 0.216. The van der Waals surface area contributed by atoms with Crippen LogP contribution in [0.4, 0.5) is 5.69 Å². The van der Waals surface area contributed by atoms with E-state index in [9.17, 15) is 5.11 Å². The van der Waals surface area contributed by atoms with Crippen molar-refractivity contribution in [3.8, 4) is 5.69 Å². The Morgan fingerprint density at radius 2 is 2.05 bits per heavy atom. The third kappa shape index (κ3) is 3.62. The van der Waals surface area contributed by atoms with Gasteiger partial charge in [-0.3, -0.25) is 0 Å². The smallest absolute Gasteiger partial charge is 0.133 e. The topological polar surface area (TPSA) is 50.1 Å². The number of nitrogens with zero attached hydrogens (tertiary/aromatic N) is 2. The molecule has 0 aliphatic rings. The number of alkyl halides is 1. The Morgan fingerprint density at radius 1 is 1.37 bits per heavy atom. The molecule has 1 atom stereocenters. The first-order valence-corrected chi connectivity index (χ1v) is 6.82. The molecular weight excluding hydrogens is 285 g/mol. The van der Waals surface area contributed by atoms with E-state index in [0.717, 1.165) is 17.1 Å². The Hall–Kier alpha value is -1.23. The Bertz CT molecular complexity index is 539. The van der Waals surface area contributed by atoms with Crippen molar-refractivity contribution in [2.24, 2.45) is 0 Å². The minimum absolute atomic E-state index is 0.216. The maximum absolute atomic E-state index is 9.36. The number of halogens is 2. The molecule has 0 spiro atoms. The second-order valence-electron chi connectivity index (χ2n) is 4.26. The van der Waals surface area contributed by atoms with Gasteiger partial charge < -0.3 is 10.4 Å². The zero-order valence-electron chi connectivity index (χ0n) is 10.5. The molecule has 0 bridgehead atoms. The summed E-state index contributed by atoms with van der Waals surface area (Å²) < 4.78 is 1.67. The van der Waals surface area contributed by atoms with E-state index in [-0.39, 0.29) is 5.88 Å². The van der Waals surface area contributed by atoms with Crippen molar-refractivity contribution in [3.05, 3.63) is 41.2 Å². The quantitative estimate of drug-likeness (QED) is 0.835. The van der Waals surface area contributed by atoms with E-state index < -0.39 is 6.10 Å². The molecule has 19 heavy (non-hydrogen) atoms. The van der Waals surface area contributed by atoms with Crippen molar-refractivity contribution < 1.29 is 5.11 Å². The molecule has 6 heteroatoms. The van der Waals surface area contributed by atoms with Gasteiger partial charge >= 0.3 is 0 Å². The number of aromatic nitrogens is 2. The zero-order valence-corrected chi connectivity index (χ0v) is 12.0. The summed E-state index contributed by atoms with van der Waals surface area (Å²) in [5.41, 5.74) is 2.67. The van der Waals surface area contributed by atoms with Crippen molar-refractivity contribution in [2.75, 3.05) is 17.7 Å². The summed E-state index contributed by atoms with van der Waals surface area (Å²) in [4.78, 5) is 0. The van der Waals surface area contributed by atoms with E-state index in [1.165, 1.54) is 0 Å². The number of rotatable bonds is 5. The fourth-order valence-electron chi connectivity index (χ4n) is 1.66. The van der Waals surface area contributed by atoms with Gasteiger partial charge in [-0.15, -0.1) is 11.6 Å². The molecule has 102 valence electrons. The van der Waals surface area contributed by atoms with Crippen LogP contribution in [0.25, 0.3) is 5.69 Å². The van der Waals surface area contributed by atoms with E-state index in [0.29, 0.717) is 11.7 Å². The lowest BCUT2D eigenvalue weighted by Gasteiger charge is -2.10. The molecule has 0 saturated carbocycles. The second-order valence-corrected chi connectivity index (χ2v) is 4.95. The molecule has 1 unspecified atom stereocenters. The number of benzene rings is 1. The molecule has 0 radical (unpaired) electrons. The predicted octanol–water partition coefficient (Wildman–Crippen LogP) is 2.85. The molecule has 0 saturated heterocycles. The van der Waals surface area contributed by atoms with Gasteiger partial charge in [0.05, 0.1) is 23.4 Å². The van der Waals surface area contributed by atoms with Crippen LogP contribution in [-0.2, 0) is 0 Å². The zero-order chi connectivity index (χ0) is 13.8. The highest BCUT2D eigenvalue weighted by Crippen LogP contribution is 2.18. The minimum atomic E-state index is -0.551. The Morgan fingerprint density at radius 3 is 2.58 bits per heavy atom. The van der Waals surface area contributed by atoms with Crippen molar-refractivity contribution >= 4 is 28.9 Å². The lowest BCUT2D eigenvalue weighted by Crippen LogP contribution is -2.20. The number of hydrogen-bond donors (Lipinski definition) is 2. The van der Waals surface area contributed by atoms with Crippen LogP contribution in [-0.4, -0.2) is 33.4 Å². The molecule has 1 aromatic heterocycles. The summed E-state index contributed by atoms with van der Waals surface area (Å²) >= 11 is 11.6. The Kier molecular flexibility index (Phi) is 4.69. The minimum Gasteiger partial charge on any atom is -0.390 e. The summed E-state index contributed by atoms with van der Waals surface area (Å²) in [6, 6.07) is 9.44. The molecule has 0 amide bonds. The van der Waals surface area contributed by atoms with Crippen LogP contribution in [0.1, 0.15) is 5.69 Å². The molecule has 2 N–H and O–H groups in total. The number of hydrogen-bond acceptors (Lipinski definition) is 3. The fourth-order valence-corrected chi connectivity index (χ4v) is 2.06. The number of aliphatic hydroxyl groups excluding tert-OH is 1. The average Bonchev–Trinajstić information content (AvgIpc) is 2.75. The van der Waals surface area contributed by atoms with Crippen molar-refractivity contribution in [1.82, 2.24) is 9.78 Å². The molecule has 4 nitrogen and oxygen atoms in total. The van der Waals surface area contributed by atoms with Crippen molar-refractivity contribution in [3.63, 3.8) is 0 Å². The van der Waals surface area contributed by atoms with Crippen LogP contribution in [0.2, 0.25) is 5.15 Å². The van der Waals surface area contributed by atoms with Gasteiger partial charge in [0.15, 0.2) is 0 Å². The third-order valence-corrected chi connectivity index (χ3v) is 3.25. The monoisotopic (exact) mass is 299 g/mol. The summed E-state index contributed by atoms with van der Waals surface area (Å²) in [6.45, 7) is 2.32. The first kappa shape index (κ1) is 14.2. The Labute approximate surface area is 122 Å². The third-order valence-electron chi connectivity index (χ3n) is 2.62. The molecule has 2 rings (SSSR count). The van der Waals surface area contributed by atoms with Crippen LogP contribution in [0.5, 0.6) is 0 Å². The normalized spacial score (nSPS) is 12.4. The highest BCUT2D eigenvalue weighted by molar-refractivity contribution is 6.29. The van der Waals surface area contributed by atoms with Crippen molar-refractivity contribution in [2.45, 2.75) is 13.0 Å². The lowest BCUT2D eigenvalue weighted by atomic mass is 10.2. The number of nitrogens with one attached hydrogen (secondary N) is 1. The van der Waals surface area contributed by atoms with Gasteiger partial charge in [0, 0.05) is 12.2 Å². The van der Waals surface area contributed by atoms with Gasteiger partial charge in [0.2, 0.25) is 0 Å². The summed E-state index contributed by atoms with van der Waals surface area (Å²) in [5, 5.41) is 17.3. The highest BCUT2D eigenvalue weighted by atomic mass is 35.5. The molecule has 0 aliphatic heterocycles. The lowest BCUT2D eigenvalue weighted by molar-refractivity contribution is 0.211. The maximum atomic E-state index is 9.36. The van der Waals surface area contributed by atoms with Gasteiger partial charge in [0.25, 0.3) is 0 Å². The molecule has 1 heterocycles.